The van der Waals surface area contributed by atoms with E-state index in [1.807, 2.05) is 6.92 Å². The van der Waals surface area contributed by atoms with Crippen LogP contribution in [0.3, 0.4) is 0 Å². The molecule has 5 heteroatoms. The molecule has 0 saturated heterocycles. The van der Waals surface area contributed by atoms with Crippen molar-refractivity contribution < 1.29 is 14.0 Å². The molecule has 0 heterocycles. The molecule has 1 N–H and O–H groups in total. The van der Waals surface area contributed by atoms with Gasteiger partial charge < -0.3 is 9.42 Å². The first-order valence-electron chi connectivity index (χ1n) is 3.58. The summed E-state index contributed by atoms with van der Waals surface area (Å²) in [5.74, 6) is 0. The standard InChI is InChI=1S/C6H15O3P.Al.3H/c1-3-5-6-9-10(7,8)4-2;;;;/h3-6H2,1-2H3,(H,7,8);;;;. The van der Waals surface area contributed by atoms with E-state index in [2.05, 4.69) is 0 Å². The summed E-state index contributed by atoms with van der Waals surface area (Å²) in [6.07, 6.45) is 2.05. The van der Waals surface area contributed by atoms with E-state index in [1.54, 1.807) is 6.92 Å². The Kier molecular flexibility index (Phi) is 9.49. The second-order valence-corrected chi connectivity index (χ2v) is 4.31. The molecular weight excluding hydrogens is 178 g/mol. The Morgan fingerprint density at radius 3 is 2.36 bits per heavy atom. The summed E-state index contributed by atoms with van der Waals surface area (Å²) < 4.78 is 15.5. The van der Waals surface area contributed by atoms with Crippen LogP contribution in [0.25, 0.3) is 0 Å². The Morgan fingerprint density at radius 2 is 2.00 bits per heavy atom. The molecule has 0 aromatic heterocycles. The zero-order valence-corrected chi connectivity index (χ0v) is 7.43. The first-order valence-corrected chi connectivity index (χ1v) is 5.35. The molecule has 0 aromatic carbocycles. The maximum atomic E-state index is 10.8. The van der Waals surface area contributed by atoms with Gasteiger partial charge in [0, 0.05) is 6.16 Å². The van der Waals surface area contributed by atoms with Gasteiger partial charge in [-0.15, -0.1) is 0 Å². The highest BCUT2D eigenvalue weighted by Crippen LogP contribution is 2.40. The highest BCUT2D eigenvalue weighted by Gasteiger charge is 2.14. The van der Waals surface area contributed by atoms with Gasteiger partial charge in [-0.3, -0.25) is 4.57 Å². The van der Waals surface area contributed by atoms with Gasteiger partial charge >= 0.3 is 7.60 Å². The van der Waals surface area contributed by atoms with Crippen molar-refractivity contribution in [2.45, 2.75) is 26.7 Å². The molecule has 0 spiro atoms. The number of unbranched alkanes of at least 4 members (excludes halogenated alkanes) is 1. The lowest BCUT2D eigenvalue weighted by atomic mass is 10.4. The second-order valence-electron chi connectivity index (χ2n) is 2.14. The van der Waals surface area contributed by atoms with Gasteiger partial charge in [-0.1, -0.05) is 20.3 Å². The summed E-state index contributed by atoms with van der Waals surface area (Å²) in [7, 11) is -3.20. The Bertz CT molecular complexity index is 129. The average molecular weight is 196 g/mol. The van der Waals surface area contributed by atoms with Crippen LogP contribution in [0.4, 0.5) is 0 Å². The molecule has 0 rings (SSSR count). The third-order valence-corrected chi connectivity index (χ3v) is 2.58. The number of hydrogen-bond donors (Lipinski definition) is 1. The van der Waals surface area contributed by atoms with Crippen LogP contribution in [0.15, 0.2) is 0 Å². The fourth-order valence-corrected chi connectivity index (χ4v) is 1.04. The van der Waals surface area contributed by atoms with Gasteiger partial charge in [-0.2, -0.15) is 0 Å². The average Bonchev–Trinajstić information content (AvgIpc) is 1.89. The van der Waals surface area contributed by atoms with Gasteiger partial charge in [0.2, 0.25) is 0 Å². The largest absolute Gasteiger partial charge is 0.327 e. The SMILES string of the molecule is CCCCOP(=O)(O)CC.[AlH3]. The number of hydrogen-bond acceptors (Lipinski definition) is 2. The Hall–Kier alpha value is 0.682. The van der Waals surface area contributed by atoms with Crippen molar-refractivity contribution in [3.05, 3.63) is 0 Å². The molecule has 1 atom stereocenters. The predicted octanol–water partition coefficient (Wildman–Crippen LogP) is 0.824. The van der Waals surface area contributed by atoms with E-state index in [0.717, 1.165) is 12.8 Å². The number of rotatable bonds is 5. The summed E-state index contributed by atoms with van der Waals surface area (Å²) in [6, 6.07) is 0. The minimum absolute atomic E-state index is 0. The molecule has 0 aliphatic carbocycles. The van der Waals surface area contributed by atoms with Crippen LogP contribution in [0.5, 0.6) is 0 Å². The summed E-state index contributed by atoms with van der Waals surface area (Å²) in [5.41, 5.74) is 0. The highest BCUT2D eigenvalue weighted by atomic mass is 31.2. The van der Waals surface area contributed by atoms with E-state index in [4.69, 9.17) is 9.42 Å². The monoisotopic (exact) mass is 196 g/mol. The zero-order valence-electron chi connectivity index (χ0n) is 6.54. The summed E-state index contributed by atoms with van der Waals surface area (Å²) in [4.78, 5) is 8.88. The van der Waals surface area contributed by atoms with Crippen molar-refractivity contribution in [2.75, 3.05) is 12.8 Å². The molecule has 68 valence electrons. The Labute approximate surface area is 78.8 Å². The van der Waals surface area contributed by atoms with Crippen LogP contribution >= 0.6 is 7.60 Å². The molecule has 0 amide bonds. The van der Waals surface area contributed by atoms with Gasteiger partial charge in [0.15, 0.2) is 17.4 Å². The van der Waals surface area contributed by atoms with Crippen molar-refractivity contribution >= 4 is 25.0 Å². The van der Waals surface area contributed by atoms with Gasteiger partial charge in [-0.05, 0) is 6.42 Å². The topological polar surface area (TPSA) is 46.5 Å². The van der Waals surface area contributed by atoms with Crippen LogP contribution in [0, 0.1) is 0 Å². The summed E-state index contributed by atoms with van der Waals surface area (Å²) in [5, 5.41) is 0. The van der Waals surface area contributed by atoms with Crippen molar-refractivity contribution in [1.82, 2.24) is 0 Å². The molecule has 0 aliphatic rings. The van der Waals surface area contributed by atoms with E-state index in [9.17, 15) is 4.57 Å². The van der Waals surface area contributed by atoms with Crippen molar-refractivity contribution in [3.8, 4) is 0 Å². The van der Waals surface area contributed by atoms with E-state index in [0.29, 0.717) is 6.61 Å². The van der Waals surface area contributed by atoms with Crippen molar-refractivity contribution in [2.24, 2.45) is 0 Å². The zero-order chi connectivity index (χ0) is 8.04. The maximum absolute atomic E-state index is 10.8. The van der Waals surface area contributed by atoms with Crippen LogP contribution in [-0.2, 0) is 9.09 Å². The molecule has 1 unspecified atom stereocenters. The van der Waals surface area contributed by atoms with Gasteiger partial charge in [-0.25, -0.2) is 0 Å². The molecule has 0 bridgehead atoms. The molecule has 0 aromatic rings. The lowest BCUT2D eigenvalue weighted by Crippen LogP contribution is -1.93. The van der Waals surface area contributed by atoms with Crippen molar-refractivity contribution in [3.63, 3.8) is 0 Å². The quantitative estimate of drug-likeness (QED) is 0.402. The molecule has 0 fully saturated rings. The molecule has 0 saturated carbocycles. The van der Waals surface area contributed by atoms with E-state index in [-0.39, 0.29) is 23.5 Å². The third-order valence-electron chi connectivity index (χ3n) is 1.19. The lowest BCUT2D eigenvalue weighted by molar-refractivity contribution is 0.256. The molecule has 0 aliphatic heterocycles. The van der Waals surface area contributed by atoms with E-state index in [1.165, 1.54) is 0 Å². The van der Waals surface area contributed by atoms with Crippen LogP contribution in [0.2, 0.25) is 0 Å². The van der Waals surface area contributed by atoms with Gasteiger partial charge in [0.25, 0.3) is 0 Å². The van der Waals surface area contributed by atoms with Crippen molar-refractivity contribution in [1.29, 1.82) is 0 Å². The molecular formula is C6H18AlO3P. The third kappa shape index (κ3) is 8.59. The predicted molar refractivity (Wildman–Crippen MR) is 51.2 cm³/mol. The van der Waals surface area contributed by atoms with Crippen LogP contribution in [0.1, 0.15) is 26.7 Å². The first-order chi connectivity index (χ1) is 4.62. The smallest absolute Gasteiger partial charge is 0.324 e. The van der Waals surface area contributed by atoms with E-state index < -0.39 is 7.60 Å². The lowest BCUT2D eigenvalue weighted by Gasteiger charge is -2.07. The fourth-order valence-electron chi connectivity index (χ4n) is 0.443. The minimum Gasteiger partial charge on any atom is -0.324 e. The first kappa shape index (κ1) is 14.2. The highest BCUT2D eigenvalue weighted by molar-refractivity contribution is 7.52. The molecule has 11 heavy (non-hydrogen) atoms. The molecule has 3 nitrogen and oxygen atoms in total. The minimum atomic E-state index is -3.20. The summed E-state index contributed by atoms with van der Waals surface area (Å²) >= 11 is 0. The molecule has 0 radical (unpaired) electrons. The van der Waals surface area contributed by atoms with Crippen LogP contribution in [-0.4, -0.2) is 35.0 Å². The second kappa shape index (κ2) is 7.34. The van der Waals surface area contributed by atoms with Gasteiger partial charge in [0.05, 0.1) is 6.61 Å². The Balaban J connectivity index is 0. The summed E-state index contributed by atoms with van der Waals surface area (Å²) in [6.45, 7) is 4.06. The van der Waals surface area contributed by atoms with Gasteiger partial charge in [0.1, 0.15) is 0 Å². The maximum Gasteiger partial charge on any atom is 0.327 e. The van der Waals surface area contributed by atoms with Crippen LogP contribution < -0.4 is 0 Å². The normalized spacial score (nSPS) is 15.2. The Morgan fingerprint density at radius 1 is 1.45 bits per heavy atom. The fraction of sp³-hybridized carbons (Fsp3) is 1.00. The van der Waals surface area contributed by atoms with E-state index >= 15 is 0 Å².